The molecule has 1 heterocycles. The minimum atomic E-state index is 0.809. The monoisotopic (exact) mass is 149 g/mol. The molecule has 0 saturated heterocycles. The average molecular weight is 149 g/mol. The van der Waals surface area contributed by atoms with Gasteiger partial charge in [-0.25, -0.2) is 4.98 Å². The van der Waals surface area contributed by atoms with E-state index in [1.165, 1.54) is 6.20 Å². The summed E-state index contributed by atoms with van der Waals surface area (Å²) in [7, 11) is 0. The van der Waals surface area contributed by atoms with Gasteiger partial charge in [-0.05, 0) is 13.0 Å². The Balaban J connectivity index is 3.12. The van der Waals surface area contributed by atoms with Crippen molar-refractivity contribution >= 4 is 11.8 Å². The van der Waals surface area contributed by atoms with Crippen molar-refractivity contribution in [3.05, 3.63) is 31.0 Å². The van der Waals surface area contributed by atoms with Crippen LogP contribution in [0.5, 0.6) is 0 Å². The van der Waals surface area contributed by atoms with Crippen molar-refractivity contribution in [3.8, 4) is 0 Å². The third kappa shape index (κ3) is 1.32. The molecule has 0 aliphatic heterocycles. The Morgan fingerprint density at radius 2 is 2.55 bits per heavy atom. The normalized spacial score (nSPS) is 11.5. The minimum Gasteiger partial charge on any atom is -0.403 e. The number of hydrogen-bond donors (Lipinski definition) is 1. The molecule has 58 valence electrons. The van der Waals surface area contributed by atoms with E-state index < -0.39 is 0 Å². The molecule has 2 N–H and O–H groups in total. The van der Waals surface area contributed by atoms with Crippen molar-refractivity contribution < 1.29 is 0 Å². The third-order valence-electron chi connectivity index (χ3n) is 1.47. The first-order valence-electron chi connectivity index (χ1n) is 3.34. The SMILES string of the molecule is C=Cc1nccn1/C(C)=C\N. The zero-order valence-corrected chi connectivity index (χ0v) is 6.49. The summed E-state index contributed by atoms with van der Waals surface area (Å²) in [5, 5.41) is 0. The second-order valence-electron chi connectivity index (χ2n) is 2.17. The standard InChI is InChI=1S/C8H11N3/c1-3-8-10-4-5-11(8)7(2)6-9/h3-6H,1,9H2,2H3/b7-6-. The highest BCUT2D eigenvalue weighted by Gasteiger charge is 1.97. The minimum absolute atomic E-state index is 0.809. The Hall–Kier alpha value is -1.51. The van der Waals surface area contributed by atoms with Gasteiger partial charge in [0.15, 0.2) is 0 Å². The van der Waals surface area contributed by atoms with E-state index in [1.54, 1.807) is 12.3 Å². The van der Waals surface area contributed by atoms with E-state index in [0.29, 0.717) is 0 Å². The van der Waals surface area contributed by atoms with Gasteiger partial charge in [-0.2, -0.15) is 0 Å². The van der Waals surface area contributed by atoms with E-state index in [2.05, 4.69) is 11.6 Å². The lowest BCUT2D eigenvalue weighted by atomic mass is 10.5. The van der Waals surface area contributed by atoms with Gasteiger partial charge in [0.1, 0.15) is 5.82 Å². The van der Waals surface area contributed by atoms with Gasteiger partial charge < -0.3 is 10.3 Å². The first-order valence-corrected chi connectivity index (χ1v) is 3.34. The van der Waals surface area contributed by atoms with Crippen molar-refractivity contribution in [3.63, 3.8) is 0 Å². The number of nitrogens with zero attached hydrogens (tertiary/aromatic N) is 2. The Morgan fingerprint density at radius 3 is 3.09 bits per heavy atom. The van der Waals surface area contributed by atoms with Gasteiger partial charge in [0.25, 0.3) is 0 Å². The molecule has 0 aromatic carbocycles. The van der Waals surface area contributed by atoms with E-state index in [0.717, 1.165) is 11.5 Å². The molecule has 0 unspecified atom stereocenters. The number of aromatic nitrogens is 2. The van der Waals surface area contributed by atoms with Gasteiger partial charge in [0, 0.05) is 24.3 Å². The number of allylic oxidation sites excluding steroid dienone is 1. The fourth-order valence-corrected chi connectivity index (χ4v) is 0.845. The molecule has 1 aromatic heterocycles. The van der Waals surface area contributed by atoms with Crippen LogP contribution >= 0.6 is 0 Å². The number of rotatable bonds is 2. The molecule has 11 heavy (non-hydrogen) atoms. The van der Waals surface area contributed by atoms with Crippen molar-refractivity contribution in [2.75, 3.05) is 0 Å². The Labute approximate surface area is 65.9 Å². The summed E-state index contributed by atoms with van der Waals surface area (Å²) in [5.41, 5.74) is 6.28. The van der Waals surface area contributed by atoms with E-state index >= 15 is 0 Å². The van der Waals surface area contributed by atoms with Crippen LogP contribution in [0.1, 0.15) is 12.7 Å². The van der Waals surface area contributed by atoms with Crippen LogP contribution in [0.25, 0.3) is 11.8 Å². The predicted octanol–water partition coefficient (Wildman–Crippen LogP) is 1.30. The molecule has 3 heteroatoms. The molecule has 1 rings (SSSR count). The van der Waals surface area contributed by atoms with E-state index in [9.17, 15) is 0 Å². The number of imidazole rings is 1. The number of hydrogen-bond acceptors (Lipinski definition) is 2. The molecule has 0 fully saturated rings. The fraction of sp³-hybridized carbons (Fsp3) is 0.125. The largest absolute Gasteiger partial charge is 0.403 e. The van der Waals surface area contributed by atoms with Crippen molar-refractivity contribution in [2.24, 2.45) is 5.73 Å². The first-order chi connectivity index (χ1) is 5.29. The van der Waals surface area contributed by atoms with Crippen molar-refractivity contribution in [2.45, 2.75) is 6.92 Å². The molecule has 1 aromatic rings. The van der Waals surface area contributed by atoms with Crippen LogP contribution in [0, 0.1) is 0 Å². The third-order valence-corrected chi connectivity index (χ3v) is 1.47. The van der Waals surface area contributed by atoms with Crippen LogP contribution in [-0.2, 0) is 0 Å². The number of nitrogens with two attached hydrogens (primary N) is 1. The van der Waals surface area contributed by atoms with Crippen molar-refractivity contribution in [1.82, 2.24) is 9.55 Å². The highest BCUT2D eigenvalue weighted by atomic mass is 15.1. The van der Waals surface area contributed by atoms with Crippen LogP contribution in [0.2, 0.25) is 0 Å². The summed E-state index contributed by atoms with van der Waals surface area (Å²) >= 11 is 0. The van der Waals surface area contributed by atoms with Gasteiger partial charge in [-0.3, -0.25) is 0 Å². The van der Waals surface area contributed by atoms with Crippen LogP contribution in [-0.4, -0.2) is 9.55 Å². The molecule has 0 bridgehead atoms. The van der Waals surface area contributed by atoms with Crippen LogP contribution < -0.4 is 5.73 Å². The van der Waals surface area contributed by atoms with Gasteiger partial charge >= 0.3 is 0 Å². The quantitative estimate of drug-likeness (QED) is 0.688. The molecule has 3 nitrogen and oxygen atoms in total. The maximum atomic E-state index is 5.34. The van der Waals surface area contributed by atoms with Gasteiger partial charge in [0.2, 0.25) is 0 Å². The van der Waals surface area contributed by atoms with Crippen LogP contribution in [0.4, 0.5) is 0 Å². The molecule has 0 aliphatic rings. The van der Waals surface area contributed by atoms with E-state index in [1.807, 2.05) is 17.7 Å². The average Bonchev–Trinajstić information content (AvgIpc) is 2.50. The fourth-order valence-electron chi connectivity index (χ4n) is 0.845. The molecule has 0 spiro atoms. The zero-order valence-electron chi connectivity index (χ0n) is 6.49. The van der Waals surface area contributed by atoms with Crippen LogP contribution in [0.3, 0.4) is 0 Å². The second-order valence-corrected chi connectivity index (χ2v) is 2.17. The molecule has 0 atom stereocenters. The van der Waals surface area contributed by atoms with E-state index in [-0.39, 0.29) is 0 Å². The van der Waals surface area contributed by atoms with Gasteiger partial charge in [-0.1, -0.05) is 6.58 Å². The molecular formula is C8H11N3. The Kier molecular flexibility index (Phi) is 2.11. The summed E-state index contributed by atoms with van der Waals surface area (Å²) in [6.45, 7) is 5.54. The van der Waals surface area contributed by atoms with Gasteiger partial charge in [0.05, 0.1) is 0 Å². The highest BCUT2D eigenvalue weighted by molar-refractivity contribution is 5.49. The summed E-state index contributed by atoms with van der Waals surface area (Å²) in [6, 6.07) is 0. The summed E-state index contributed by atoms with van der Waals surface area (Å²) in [5.74, 6) is 0.809. The van der Waals surface area contributed by atoms with Crippen LogP contribution in [0.15, 0.2) is 25.2 Å². The Morgan fingerprint density at radius 1 is 1.82 bits per heavy atom. The maximum Gasteiger partial charge on any atom is 0.136 e. The first kappa shape index (κ1) is 7.60. The van der Waals surface area contributed by atoms with E-state index in [4.69, 9.17) is 5.73 Å². The van der Waals surface area contributed by atoms with Crippen molar-refractivity contribution in [1.29, 1.82) is 0 Å². The molecule has 0 radical (unpaired) electrons. The highest BCUT2D eigenvalue weighted by Crippen LogP contribution is 2.06. The zero-order chi connectivity index (χ0) is 8.27. The molecule has 0 saturated carbocycles. The lowest BCUT2D eigenvalue weighted by molar-refractivity contribution is 1.05. The summed E-state index contributed by atoms with van der Waals surface area (Å²) in [4.78, 5) is 4.05. The lowest BCUT2D eigenvalue weighted by Crippen LogP contribution is -1.97. The molecular weight excluding hydrogens is 138 g/mol. The smallest absolute Gasteiger partial charge is 0.136 e. The molecule has 0 aliphatic carbocycles. The molecule has 0 amide bonds. The second kappa shape index (κ2) is 3.05. The maximum absolute atomic E-state index is 5.34. The summed E-state index contributed by atoms with van der Waals surface area (Å²) < 4.78 is 1.87. The predicted molar refractivity (Wildman–Crippen MR) is 46.5 cm³/mol. The van der Waals surface area contributed by atoms with Gasteiger partial charge in [-0.15, -0.1) is 0 Å². The Bertz CT molecular complexity index is 283. The lowest BCUT2D eigenvalue weighted by Gasteiger charge is -2.02. The topological polar surface area (TPSA) is 43.8 Å². The summed E-state index contributed by atoms with van der Waals surface area (Å²) in [6.07, 6.45) is 6.78.